The van der Waals surface area contributed by atoms with Crippen molar-refractivity contribution in [1.82, 2.24) is 5.32 Å². The summed E-state index contributed by atoms with van der Waals surface area (Å²) in [5.74, 6) is -0.589. The Bertz CT molecular complexity index is 562. The third kappa shape index (κ3) is 3.54. The highest BCUT2D eigenvalue weighted by Crippen LogP contribution is 2.27. The molecule has 1 heterocycles. The summed E-state index contributed by atoms with van der Waals surface area (Å²) in [5.41, 5.74) is 0.935. The Kier molecular flexibility index (Phi) is 4.16. The van der Waals surface area contributed by atoms with Crippen molar-refractivity contribution in [2.75, 3.05) is 0 Å². The zero-order chi connectivity index (χ0) is 13.8. The monoisotopic (exact) mass is 274 g/mol. The fraction of sp³-hybridized carbons (Fsp3) is 0.214. The zero-order valence-corrected chi connectivity index (χ0v) is 11.5. The quantitative estimate of drug-likeness (QED) is 0.843. The number of hydrogen-bond donors (Lipinski definition) is 1. The van der Waals surface area contributed by atoms with Crippen molar-refractivity contribution >= 4 is 34.8 Å². The first-order chi connectivity index (χ1) is 9.06. The van der Waals surface area contributed by atoms with Crippen LogP contribution in [0.3, 0.4) is 0 Å². The summed E-state index contributed by atoms with van der Waals surface area (Å²) < 4.78 is 0. The molecule has 1 aliphatic heterocycles. The van der Waals surface area contributed by atoms with E-state index in [-0.39, 0.29) is 17.7 Å². The third-order valence-electron chi connectivity index (χ3n) is 2.47. The molecule has 4 nitrogen and oxygen atoms in total. The maximum Gasteiger partial charge on any atom is 0.286 e. The van der Waals surface area contributed by atoms with Gasteiger partial charge in [-0.05, 0) is 23.4 Å². The molecule has 0 radical (unpaired) electrons. The molecule has 1 aliphatic rings. The molecule has 0 saturated carbocycles. The van der Waals surface area contributed by atoms with Gasteiger partial charge in [-0.1, -0.05) is 44.2 Å². The average molecular weight is 274 g/mol. The van der Waals surface area contributed by atoms with Crippen molar-refractivity contribution in [1.29, 1.82) is 0 Å². The van der Waals surface area contributed by atoms with Gasteiger partial charge in [0.25, 0.3) is 5.91 Å². The summed E-state index contributed by atoms with van der Waals surface area (Å²) in [7, 11) is 0. The number of carbonyl (C=O) groups is 2. The second kappa shape index (κ2) is 5.84. The minimum Gasteiger partial charge on any atom is -0.305 e. The number of hydrogen-bond acceptors (Lipinski definition) is 3. The Morgan fingerprint density at radius 1 is 1.32 bits per heavy atom. The molecule has 1 aromatic carbocycles. The minimum atomic E-state index is -0.312. The van der Waals surface area contributed by atoms with Gasteiger partial charge in [0.15, 0.2) is 5.17 Å². The van der Waals surface area contributed by atoms with E-state index in [1.807, 2.05) is 30.3 Å². The van der Waals surface area contributed by atoms with Crippen LogP contribution in [0, 0.1) is 5.92 Å². The number of nitrogens with one attached hydrogen (secondary N) is 1. The standard InChI is InChI=1S/C14H14N2O2S/c1-9(2)12(17)15-14-16-13(18)11(19-14)8-10-6-4-3-5-7-10/h3-9H,1-2H3,(H,15,16,17,18). The Morgan fingerprint density at radius 3 is 2.63 bits per heavy atom. The van der Waals surface area contributed by atoms with Crippen molar-refractivity contribution in [3.8, 4) is 0 Å². The molecular weight excluding hydrogens is 260 g/mol. The summed E-state index contributed by atoms with van der Waals surface area (Å²) in [5, 5.41) is 2.99. The lowest BCUT2D eigenvalue weighted by atomic mass is 10.2. The van der Waals surface area contributed by atoms with Gasteiger partial charge >= 0.3 is 0 Å². The molecular formula is C14H14N2O2S. The largest absolute Gasteiger partial charge is 0.305 e. The van der Waals surface area contributed by atoms with Gasteiger partial charge in [0, 0.05) is 5.92 Å². The molecule has 5 heteroatoms. The number of amides is 2. The Hall–Kier alpha value is -1.88. The van der Waals surface area contributed by atoms with Gasteiger partial charge in [0.1, 0.15) is 0 Å². The molecule has 0 bridgehead atoms. The molecule has 1 aromatic rings. The zero-order valence-electron chi connectivity index (χ0n) is 10.7. The van der Waals surface area contributed by atoms with E-state index in [4.69, 9.17) is 0 Å². The molecule has 0 fully saturated rings. The van der Waals surface area contributed by atoms with E-state index in [1.165, 1.54) is 11.8 Å². The van der Waals surface area contributed by atoms with E-state index < -0.39 is 0 Å². The summed E-state index contributed by atoms with van der Waals surface area (Å²) in [6.07, 6.45) is 1.77. The van der Waals surface area contributed by atoms with Crippen LogP contribution >= 0.6 is 11.8 Å². The number of nitrogens with zero attached hydrogens (tertiary/aromatic N) is 1. The summed E-state index contributed by atoms with van der Waals surface area (Å²) in [4.78, 5) is 27.6. The van der Waals surface area contributed by atoms with Gasteiger partial charge in [-0.2, -0.15) is 4.99 Å². The predicted molar refractivity (Wildman–Crippen MR) is 77.4 cm³/mol. The number of benzene rings is 1. The number of rotatable bonds is 2. The van der Waals surface area contributed by atoms with E-state index in [0.29, 0.717) is 10.1 Å². The van der Waals surface area contributed by atoms with E-state index in [1.54, 1.807) is 19.9 Å². The lowest BCUT2D eigenvalue weighted by Crippen LogP contribution is -2.30. The van der Waals surface area contributed by atoms with Gasteiger partial charge in [-0.15, -0.1) is 0 Å². The van der Waals surface area contributed by atoms with Crippen LogP contribution in [0.25, 0.3) is 6.08 Å². The van der Waals surface area contributed by atoms with Crippen LogP contribution in [0.2, 0.25) is 0 Å². The van der Waals surface area contributed by atoms with Gasteiger partial charge in [-0.3, -0.25) is 9.59 Å². The molecule has 19 heavy (non-hydrogen) atoms. The van der Waals surface area contributed by atoms with Crippen molar-refractivity contribution in [2.45, 2.75) is 13.8 Å². The maximum absolute atomic E-state index is 11.7. The number of carbonyl (C=O) groups excluding carboxylic acids is 2. The normalized spacial score (nSPS) is 16.9. The highest BCUT2D eigenvalue weighted by atomic mass is 32.2. The molecule has 98 valence electrons. The van der Waals surface area contributed by atoms with Crippen LogP contribution in [0.4, 0.5) is 0 Å². The second-order valence-electron chi connectivity index (χ2n) is 4.39. The van der Waals surface area contributed by atoms with Crippen molar-refractivity contribution < 1.29 is 9.59 Å². The predicted octanol–water partition coefficient (Wildman–Crippen LogP) is 2.43. The Morgan fingerprint density at radius 2 is 2.00 bits per heavy atom. The molecule has 0 spiro atoms. The fourth-order valence-electron chi connectivity index (χ4n) is 1.41. The van der Waals surface area contributed by atoms with Gasteiger partial charge in [0.2, 0.25) is 5.91 Å². The van der Waals surface area contributed by atoms with Crippen molar-refractivity contribution in [3.05, 3.63) is 40.8 Å². The topological polar surface area (TPSA) is 58.5 Å². The maximum atomic E-state index is 11.7. The van der Waals surface area contributed by atoms with E-state index in [2.05, 4.69) is 10.3 Å². The molecule has 2 rings (SSSR count). The Labute approximate surface area is 116 Å². The minimum absolute atomic E-state index is 0.138. The van der Waals surface area contributed by atoms with E-state index in [0.717, 1.165) is 5.56 Å². The first-order valence-electron chi connectivity index (χ1n) is 5.95. The summed E-state index contributed by atoms with van der Waals surface area (Å²) >= 11 is 1.19. The van der Waals surface area contributed by atoms with E-state index >= 15 is 0 Å². The molecule has 1 N–H and O–H groups in total. The molecule has 0 atom stereocenters. The average Bonchev–Trinajstić information content (AvgIpc) is 2.71. The highest BCUT2D eigenvalue weighted by Gasteiger charge is 2.23. The lowest BCUT2D eigenvalue weighted by Gasteiger charge is -2.05. The first kappa shape index (κ1) is 13.5. The smallest absolute Gasteiger partial charge is 0.286 e. The van der Waals surface area contributed by atoms with Crippen molar-refractivity contribution in [3.63, 3.8) is 0 Å². The number of thioether (sulfide) groups is 1. The first-order valence-corrected chi connectivity index (χ1v) is 6.76. The van der Waals surface area contributed by atoms with Crippen molar-refractivity contribution in [2.24, 2.45) is 10.9 Å². The van der Waals surface area contributed by atoms with Crippen LogP contribution in [-0.2, 0) is 9.59 Å². The van der Waals surface area contributed by atoms with E-state index in [9.17, 15) is 9.59 Å². The van der Waals surface area contributed by atoms with Crippen LogP contribution in [0.5, 0.6) is 0 Å². The lowest BCUT2D eigenvalue weighted by molar-refractivity contribution is -0.122. The molecule has 0 aromatic heterocycles. The summed E-state index contributed by atoms with van der Waals surface area (Å²) in [6.45, 7) is 3.58. The van der Waals surface area contributed by atoms with Crippen LogP contribution in [0.1, 0.15) is 19.4 Å². The molecule has 2 amide bonds. The molecule has 0 unspecified atom stereocenters. The fourth-order valence-corrected chi connectivity index (χ4v) is 2.23. The number of amidine groups is 1. The van der Waals surface area contributed by atoms with Gasteiger partial charge in [0.05, 0.1) is 4.91 Å². The highest BCUT2D eigenvalue weighted by molar-refractivity contribution is 8.18. The van der Waals surface area contributed by atoms with Gasteiger partial charge in [-0.25, -0.2) is 0 Å². The third-order valence-corrected chi connectivity index (χ3v) is 3.37. The molecule has 0 saturated heterocycles. The van der Waals surface area contributed by atoms with Crippen LogP contribution in [0.15, 0.2) is 40.2 Å². The Balaban J connectivity index is 2.08. The van der Waals surface area contributed by atoms with Crippen LogP contribution < -0.4 is 5.32 Å². The second-order valence-corrected chi connectivity index (χ2v) is 5.42. The molecule has 0 aliphatic carbocycles. The number of aliphatic imine (C=N–C) groups is 1. The SMILES string of the molecule is CC(C)C(=O)NC1=NC(=O)C(=Cc2ccccc2)S1. The van der Waals surface area contributed by atoms with Crippen LogP contribution in [-0.4, -0.2) is 17.0 Å². The van der Waals surface area contributed by atoms with Gasteiger partial charge < -0.3 is 5.32 Å². The summed E-state index contributed by atoms with van der Waals surface area (Å²) in [6, 6.07) is 9.53.